The van der Waals surface area contributed by atoms with Crippen molar-refractivity contribution < 1.29 is 9.21 Å². The molecule has 0 saturated carbocycles. The van der Waals surface area contributed by atoms with Crippen molar-refractivity contribution in [3.05, 3.63) is 82.3 Å². The van der Waals surface area contributed by atoms with E-state index in [4.69, 9.17) is 4.42 Å². The Balaban J connectivity index is 1.55. The molecule has 1 aromatic heterocycles. The van der Waals surface area contributed by atoms with E-state index in [2.05, 4.69) is 41.8 Å². The minimum atomic E-state index is -0.0606. The van der Waals surface area contributed by atoms with E-state index in [9.17, 15) is 4.79 Å². The molecule has 2 aliphatic rings. The molecule has 0 atom stereocenters. The van der Waals surface area contributed by atoms with Gasteiger partial charge < -0.3 is 15.1 Å². The molecule has 2 N–H and O–H groups in total. The largest absolute Gasteiger partial charge is 0.461 e. The summed E-state index contributed by atoms with van der Waals surface area (Å²) < 4.78 is 6.31. The number of nitrogens with one attached hydrogen (secondary N) is 2. The molecule has 4 heteroatoms. The first-order valence-electron chi connectivity index (χ1n) is 10.8. The summed E-state index contributed by atoms with van der Waals surface area (Å²) in [6.45, 7) is 2.81. The van der Waals surface area contributed by atoms with Crippen molar-refractivity contribution in [3.8, 4) is 0 Å². The predicted molar refractivity (Wildman–Crippen MR) is 121 cm³/mol. The Kier molecular flexibility index (Phi) is 4.91. The third-order valence-corrected chi connectivity index (χ3v) is 6.11. The summed E-state index contributed by atoms with van der Waals surface area (Å²) in [5, 5.41) is 6.51. The molecule has 2 aromatic carbocycles. The molecule has 1 amide bonds. The fourth-order valence-corrected chi connectivity index (χ4v) is 4.44. The van der Waals surface area contributed by atoms with Crippen molar-refractivity contribution in [2.45, 2.75) is 45.6 Å². The molecule has 5 rings (SSSR count). The highest BCUT2D eigenvalue weighted by atomic mass is 16.3. The molecule has 2 heterocycles. The molecule has 152 valence electrons. The number of aryl methyl sites for hydroxylation is 2. The quantitative estimate of drug-likeness (QED) is 0.532. The lowest BCUT2D eigenvalue weighted by molar-refractivity contribution is -0.110. The summed E-state index contributed by atoms with van der Waals surface area (Å²) in [6, 6.07) is 16.4. The van der Waals surface area contributed by atoms with Crippen molar-refractivity contribution in [2.75, 3.05) is 10.6 Å². The van der Waals surface area contributed by atoms with Crippen LogP contribution >= 0.6 is 0 Å². The van der Waals surface area contributed by atoms with Gasteiger partial charge in [-0.1, -0.05) is 31.2 Å². The summed E-state index contributed by atoms with van der Waals surface area (Å²) in [6.07, 6.45) is 7.24. The maximum atomic E-state index is 12.7. The smallest absolute Gasteiger partial charge is 0.256 e. The fraction of sp³-hybridized carbons (Fsp3) is 0.269. The molecule has 1 aliphatic carbocycles. The van der Waals surface area contributed by atoms with E-state index in [1.54, 1.807) is 0 Å². The third-order valence-electron chi connectivity index (χ3n) is 6.11. The van der Waals surface area contributed by atoms with Crippen molar-refractivity contribution in [3.63, 3.8) is 0 Å². The zero-order valence-corrected chi connectivity index (χ0v) is 17.3. The van der Waals surface area contributed by atoms with Gasteiger partial charge in [0.1, 0.15) is 11.5 Å². The van der Waals surface area contributed by atoms with Crippen LogP contribution in [-0.2, 0) is 30.6 Å². The molecule has 0 fully saturated rings. The lowest BCUT2D eigenvalue weighted by atomic mass is 9.94. The SMILES string of the molecule is CCc1ccc2c(c1)C(=Cc1oc3c(c1CNc1ccccc1)CCCC3)C(=O)N2. The fourth-order valence-electron chi connectivity index (χ4n) is 4.44. The highest BCUT2D eigenvalue weighted by molar-refractivity contribution is 6.34. The van der Waals surface area contributed by atoms with Crippen molar-refractivity contribution >= 4 is 28.9 Å². The van der Waals surface area contributed by atoms with Gasteiger partial charge in [-0.05, 0) is 67.2 Å². The van der Waals surface area contributed by atoms with Gasteiger partial charge >= 0.3 is 0 Å². The van der Waals surface area contributed by atoms with E-state index >= 15 is 0 Å². The number of para-hydroxylation sites is 1. The second-order valence-electron chi connectivity index (χ2n) is 8.02. The van der Waals surface area contributed by atoms with Gasteiger partial charge in [-0.2, -0.15) is 0 Å². The Morgan fingerprint density at radius 2 is 1.93 bits per heavy atom. The van der Waals surface area contributed by atoms with E-state index in [1.165, 1.54) is 23.1 Å². The highest BCUT2D eigenvalue weighted by Crippen LogP contribution is 2.37. The number of amides is 1. The van der Waals surface area contributed by atoms with Crippen LogP contribution in [0, 0.1) is 0 Å². The van der Waals surface area contributed by atoms with Crippen LogP contribution in [0.4, 0.5) is 11.4 Å². The number of anilines is 2. The van der Waals surface area contributed by atoms with Gasteiger partial charge in [-0.15, -0.1) is 0 Å². The zero-order chi connectivity index (χ0) is 20.5. The summed E-state index contributed by atoms with van der Waals surface area (Å²) in [5.41, 5.74) is 7.33. The van der Waals surface area contributed by atoms with E-state index in [0.717, 1.165) is 54.1 Å². The second kappa shape index (κ2) is 7.86. The van der Waals surface area contributed by atoms with Crippen LogP contribution in [0.3, 0.4) is 0 Å². The molecule has 4 nitrogen and oxygen atoms in total. The van der Waals surface area contributed by atoms with Crippen LogP contribution in [0.25, 0.3) is 11.6 Å². The Labute approximate surface area is 177 Å². The average Bonchev–Trinajstić information content (AvgIpc) is 3.29. The molecule has 0 bridgehead atoms. The number of furan rings is 1. The van der Waals surface area contributed by atoms with Crippen LogP contribution in [0.2, 0.25) is 0 Å². The van der Waals surface area contributed by atoms with Gasteiger partial charge in [0.2, 0.25) is 0 Å². The van der Waals surface area contributed by atoms with Crippen LogP contribution in [-0.4, -0.2) is 5.91 Å². The van der Waals surface area contributed by atoms with Gasteiger partial charge in [0.25, 0.3) is 5.91 Å². The van der Waals surface area contributed by atoms with Crippen LogP contribution in [0.15, 0.2) is 52.9 Å². The number of benzene rings is 2. The molecule has 30 heavy (non-hydrogen) atoms. The molecular weight excluding hydrogens is 372 g/mol. The summed E-state index contributed by atoms with van der Waals surface area (Å²) in [5.74, 6) is 1.83. The van der Waals surface area contributed by atoms with Gasteiger partial charge in [0.05, 0.1) is 5.57 Å². The maximum absolute atomic E-state index is 12.7. The van der Waals surface area contributed by atoms with Crippen LogP contribution < -0.4 is 10.6 Å². The van der Waals surface area contributed by atoms with E-state index in [-0.39, 0.29) is 5.91 Å². The topological polar surface area (TPSA) is 54.3 Å². The lowest BCUT2D eigenvalue weighted by Gasteiger charge is -2.12. The van der Waals surface area contributed by atoms with Gasteiger partial charge in [0, 0.05) is 35.5 Å². The standard InChI is InChI=1S/C26H26N2O2/c1-2-17-12-13-23-20(14-17)21(26(29)28-23)15-25-22(16-27-18-8-4-3-5-9-18)19-10-6-7-11-24(19)30-25/h3-5,8-9,12-15,27H,2,6-7,10-11,16H2,1H3,(H,28,29). The normalized spacial score (nSPS) is 16.3. The van der Waals surface area contributed by atoms with Crippen molar-refractivity contribution in [1.29, 1.82) is 0 Å². The van der Waals surface area contributed by atoms with Gasteiger partial charge in [-0.25, -0.2) is 0 Å². The van der Waals surface area contributed by atoms with Gasteiger partial charge in [-0.3, -0.25) is 4.79 Å². The number of hydrogen-bond donors (Lipinski definition) is 2. The number of carbonyl (C=O) groups is 1. The Morgan fingerprint density at radius 3 is 2.77 bits per heavy atom. The third kappa shape index (κ3) is 3.43. The summed E-state index contributed by atoms with van der Waals surface area (Å²) in [4.78, 5) is 12.7. The Hall–Kier alpha value is -3.27. The van der Waals surface area contributed by atoms with E-state index in [0.29, 0.717) is 12.1 Å². The minimum absolute atomic E-state index is 0.0606. The monoisotopic (exact) mass is 398 g/mol. The molecule has 0 saturated heterocycles. The first-order valence-corrected chi connectivity index (χ1v) is 10.8. The molecule has 3 aromatic rings. The Bertz CT molecular complexity index is 1130. The van der Waals surface area contributed by atoms with Crippen LogP contribution in [0.1, 0.15) is 53.5 Å². The number of fused-ring (bicyclic) bond motifs is 2. The maximum Gasteiger partial charge on any atom is 0.256 e. The summed E-state index contributed by atoms with van der Waals surface area (Å²) in [7, 11) is 0. The van der Waals surface area contributed by atoms with E-state index < -0.39 is 0 Å². The molecule has 1 aliphatic heterocycles. The van der Waals surface area contributed by atoms with Gasteiger partial charge in [0.15, 0.2) is 0 Å². The van der Waals surface area contributed by atoms with E-state index in [1.807, 2.05) is 30.3 Å². The first-order chi connectivity index (χ1) is 14.7. The van der Waals surface area contributed by atoms with Crippen LogP contribution in [0.5, 0.6) is 0 Å². The predicted octanol–water partition coefficient (Wildman–Crippen LogP) is 5.83. The lowest BCUT2D eigenvalue weighted by Crippen LogP contribution is -2.06. The average molecular weight is 399 g/mol. The van der Waals surface area contributed by atoms with Crippen molar-refractivity contribution in [2.24, 2.45) is 0 Å². The molecule has 0 unspecified atom stereocenters. The van der Waals surface area contributed by atoms with Crippen molar-refractivity contribution in [1.82, 2.24) is 0 Å². The Morgan fingerprint density at radius 1 is 1.10 bits per heavy atom. The molecule has 0 radical (unpaired) electrons. The first kappa shape index (κ1) is 18.7. The second-order valence-corrected chi connectivity index (χ2v) is 8.02. The zero-order valence-electron chi connectivity index (χ0n) is 17.3. The number of rotatable bonds is 5. The summed E-state index contributed by atoms with van der Waals surface area (Å²) >= 11 is 0. The molecule has 0 spiro atoms. The number of hydrogen-bond acceptors (Lipinski definition) is 3. The minimum Gasteiger partial charge on any atom is -0.461 e. The highest BCUT2D eigenvalue weighted by Gasteiger charge is 2.27. The number of carbonyl (C=O) groups excluding carboxylic acids is 1. The molecular formula is C26H26N2O2.